The van der Waals surface area contributed by atoms with Crippen LogP contribution in [0.1, 0.15) is 16.1 Å². The molecular formula is C11H7FN4OS. The summed E-state index contributed by atoms with van der Waals surface area (Å²) >= 11 is 1.15. The van der Waals surface area contributed by atoms with Gasteiger partial charge in [0, 0.05) is 11.1 Å². The van der Waals surface area contributed by atoms with Crippen molar-refractivity contribution in [1.82, 2.24) is 4.98 Å². The van der Waals surface area contributed by atoms with Crippen molar-refractivity contribution in [2.24, 2.45) is 0 Å². The predicted molar refractivity (Wildman–Crippen MR) is 65.6 cm³/mol. The van der Waals surface area contributed by atoms with E-state index in [1.807, 2.05) is 0 Å². The third kappa shape index (κ3) is 2.44. The molecule has 0 spiro atoms. The first-order valence-electron chi connectivity index (χ1n) is 4.82. The molecular weight excluding hydrogens is 255 g/mol. The van der Waals surface area contributed by atoms with Crippen molar-refractivity contribution >= 4 is 28.1 Å². The normalized spacial score (nSPS) is 9.78. The van der Waals surface area contributed by atoms with Gasteiger partial charge in [-0.25, -0.2) is 9.37 Å². The zero-order valence-corrected chi connectivity index (χ0v) is 9.79. The highest BCUT2D eigenvalue weighted by Gasteiger charge is 2.11. The highest BCUT2D eigenvalue weighted by molar-refractivity contribution is 7.13. The van der Waals surface area contributed by atoms with Crippen LogP contribution in [0, 0.1) is 17.1 Å². The number of carbonyl (C=O) groups excluding carboxylic acids is 1. The average molecular weight is 262 g/mol. The summed E-state index contributed by atoms with van der Waals surface area (Å²) in [4.78, 5) is 15.5. The highest BCUT2D eigenvalue weighted by atomic mass is 32.1. The van der Waals surface area contributed by atoms with Gasteiger partial charge >= 0.3 is 0 Å². The quantitative estimate of drug-likeness (QED) is 0.865. The first-order chi connectivity index (χ1) is 8.60. The molecule has 1 amide bonds. The molecule has 1 heterocycles. The second kappa shape index (κ2) is 4.81. The maximum atomic E-state index is 13.1. The number of nitrogens with zero attached hydrogens (tertiary/aromatic N) is 2. The predicted octanol–water partition coefficient (Wildman–Crippen LogP) is 1.99. The molecule has 1 aromatic carbocycles. The largest absolute Gasteiger partial charge is 0.375 e. The number of anilines is 2. The van der Waals surface area contributed by atoms with Crippen molar-refractivity contribution in [3.8, 4) is 6.07 Å². The third-order valence-electron chi connectivity index (χ3n) is 2.10. The van der Waals surface area contributed by atoms with E-state index in [4.69, 9.17) is 11.0 Å². The Morgan fingerprint density at radius 2 is 2.33 bits per heavy atom. The van der Waals surface area contributed by atoms with E-state index >= 15 is 0 Å². The number of rotatable bonds is 2. The van der Waals surface area contributed by atoms with Gasteiger partial charge in [-0.15, -0.1) is 11.3 Å². The summed E-state index contributed by atoms with van der Waals surface area (Å²) in [6.45, 7) is 0. The molecule has 0 bridgehead atoms. The Hall–Kier alpha value is -2.46. The van der Waals surface area contributed by atoms with E-state index in [9.17, 15) is 9.18 Å². The molecule has 3 N–H and O–H groups in total. The number of amides is 1. The number of benzene rings is 1. The Kier molecular flexibility index (Phi) is 3.21. The Bertz CT molecular complexity index is 647. The van der Waals surface area contributed by atoms with Crippen LogP contribution in [0.4, 0.5) is 15.2 Å². The molecule has 2 aromatic rings. The minimum absolute atomic E-state index is 0.134. The highest BCUT2D eigenvalue weighted by Crippen LogP contribution is 2.16. The van der Waals surface area contributed by atoms with E-state index in [1.165, 1.54) is 17.5 Å². The van der Waals surface area contributed by atoms with E-state index in [0.717, 1.165) is 17.4 Å². The molecule has 0 unspecified atom stereocenters. The summed E-state index contributed by atoms with van der Waals surface area (Å²) in [7, 11) is 0. The lowest BCUT2D eigenvalue weighted by atomic mass is 10.2. The summed E-state index contributed by atoms with van der Waals surface area (Å²) in [5.74, 6) is -1.09. The van der Waals surface area contributed by atoms with Crippen molar-refractivity contribution in [2.75, 3.05) is 11.1 Å². The van der Waals surface area contributed by atoms with Crippen LogP contribution < -0.4 is 11.1 Å². The molecule has 0 saturated carbocycles. The van der Waals surface area contributed by atoms with Crippen molar-refractivity contribution in [3.05, 3.63) is 40.7 Å². The van der Waals surface area contributed by atoms with Crippen LogP contribution >= 0.6 is 11.3 Å². The van der Waals surface area contributed by atoms with Gasteiger partial charge < -0.3 is 11.1 Å². The van der Waals surface area contributed by atoms with Gasteiger partial charge in [-0.1, -0.05) is 0 Å². The number of nitriles is 1. The van der Waals surface area contributed by atoms with Crippen molar-refractivity contribution in [1.29, 1.82) is 5.26 Å². The lowest BCUT2D eigenvalue weighted by Crippen LogP contribution is -2.12. The summed E-state index contributed by atoms with van der Waals surface area (Å²) in [5.41, 5.74) is 5.78. The molecule has 7 heteroatoms. The fraction of sp³-hybridized carbons (Fsp3) is 0. The molecule has 0 aliphatic heterocycles. The zero-order valence-electron chi connectivity index (χ0n) is 8.98. The Morgan fingerprint density at radius 1 is 1.56 bits per heavy atom. The first-order valence-corrected chi connectivity index (χ1v) is 5.70. The molecule has 0 aliphatic rings. The van der Waals surface area contributed by atoms with Gasteiger partial charge in [0.05, 0.1) is 5.56 Å². The minimum Gasteiger partial charge on any atom is -0.375 e. The number of aromatic nitrogens is 1. The van der Waals surface area contributed by atoms with Gasteiger partial charge in [-0.2, -0.15) is 5.26 Å². The van der Waals surface area contributed by atoms with E-state index in [-0.39, 0.29) is 16.4 Å². The number of nitrogens with two attached hydrogens (primary N) is 1. The molecule has 18 heavy (non-hydrogen) atoms. The minimum atomic E-state index is -0.631. The number of hydrogen-bond acceptors (Lipinski definition) is 5. The maximum absolute atomic E-state index is 13.1. The topological polar surface area (TPSA) is 91.8 Å². The van der Waals surface area contributed by atoms with Crippen LogP contribution in [-0.2, 0) is 0 Å². The number of hydrogen-bond donors (Lipinski definition) is 2. The van der Waals surface area contributed by atoms with Crippen molar-refractivity contribution in [3.63, 3.8) is 0 Å². The van der Waals surface area contributed by atoms with E-state index in [1.54, 1.807) is 6.07 Å². The van der Waals surface area contributed by atoms with E-state index in [0.29, 0.717) is 5.69 Å². The fourth-order valence-electron chi connectivity index (χ4n) is 1.28. The van der Waals surface area contributed by atoms with Gasteiger partial charge in [0.1, 0.15) is 17.6 Å². The van der Waals surface area contributed by atoms with E-state index in [2.05, 4.69) is 10.3 Å². The monoisotopic (exact) mass is 262 g/mol. The number of thiazole rings is 1. The second-order valence-corrected chi connectivity index (χ2v) is 4.22. The van der Waals surface area contributed by atoms with Gasteiger partial charge in [-0.3, -0.25) is 4.79 Å². The molecule has 0 atom stereocenters. The SMILES string of the molecule is N#Cc1cc(NC(=O)c2csc(N)n2)ccc1F. The summed E-state index contributed by atoms with van der Waals surface area (Å²) in [6, 6.07) is 5.43. The van der Waals surface area contributed by atoms with Gasteiger partial charge in [0.25, 0.3) is 5.91 Å². The fourth-order valence-corrected chi connectivity index (χ4v) is 1.82. The summed E-state index contributed by atoms with van der Waals surface area (Å²) in [5, 5.41) is 13.0. The molecule has 0 radical (unpaired) electrons. The molecule has 5 nitrogen and oxygen atoms in total. The molecule has 1 aromatic heterocycles. The lowest BCUT2D eigenvalue weighted by molar-refractivity contribution is 0.102. The summed E-state index contributed by atoms with van der Waals surface area (Å²) in [6.07, 6.45) is 0. The van der Waals surface area contributed by atoms with Gasteiger partial charge in [0.2, 0.25) is 0 Å². The standard InChI is InChI=1S/C11H7FN4OS/c12-8-2-1-7(3-6(8)4-13)15-10(17)9-5-18-11(14)16-9/h1-3,5H,(H2,14,16)(H,15,17). The van der Waals surface area contributed by atoms with Crippen LogP contribution in [0.15, 0.2) is 23.6 Å². The van der Waals surface area contributed by atoms with Crippen LogP contribution in [0.25, 0.3) is 0 Å². The smallest absolute Gasteiger partial charge is 0.275 e. The Balaban J connectivity index is 2.20. The number of nitrogens with one attached hydrogen (secondary N) is 1. The van der Waals surface area contributed by atoms with Crippen LogP contribution in [0.5, 0.6) is 0 Å². The summed E-state index contributed by atoms with van der Waals surface area (Å²) < 4.78 is 13.1. The molecule has 0 aliphatic carbocycles. The van der Waals surface area contributed by atoms with Crippen LogP contribution in [0.3, 0.4) is 0 Å². The zero-order chi connectivity index (χ0) is 13.1. The third-order valence-corrected chi connectivity index (χ3v) is 2.77. The van der Waals surface area contributed by atoms with E-state index < -0.39 is 11.7 Å². The van der Waals surface area contributed by atoms with Crippen molar-refractivity contribution < 1.29 is 9.18 Å². The second-order valence-electron chi connectivity index (χ2n) is 3.33. The Labute approximate surface area is 106 Å². The first kappa shape index (κ1) is 12.0. The van der Waals surface area contributed by atoms with Gasteiger partial charge in [0.15, 0.2) is 5.13 Å². The Morgan fingerprint density at radius 3 is 2.94 bits per heavy atom. The molecule has 0 saturated heterocycles. The number of halogens is 1. The molecule has 90 valence electrons. The number of nitrogen functional groups attached to an aromatic ring is 1. The molecule has 0 fully saturated rings. The van der Waals surface area contributed by atoms with Crippen LogP contribution in [-0.4, -0.2) is 10.9 Å². The van der Waals surface area contributed by atoms with Gasteiger partial charge in [-0.05, 0) is 18.2 Å². The van der Waals surface area contributed by atoms with Crippen LogP contribution in [0.2, 0.25) is 0 Å². The number of carbonyl (C=O) groups is 1. The maximum Gasteiger partial charge on any atom is 0.275 e. The lowest BCUT2D eigenvalue weighted by Gasteiger charge is -2.03. The molecule has 2 rings (SSSR count). The van der Waals surface area contributed by atoms with Crippen molar-refractivity contribution in [2.45, 2.75) is 0 Å². The average Bonchev–Trinajstić information content (AvgIpc) is 2.78.